The molecule has 0 unspecified atom stereocenters. The topological polar surface area (TPSA) is 82.2 Å². The highest BCUT2D eigenvalue weighted by Gasteiger charge is 2.19. The molecule has 1 aromatic carbocycles. The van der Waals surface area contributed by atoms with Gasteiger partial charge in [-0.15, -0.1) is 0 Å². The fraction of sp³-hybridized carbons (Fsp3) is 0.273. The average Bonchev–Trinajstić information content (AvgIpc) is 2.22. The summed E-state index contributed by atoms with van der Waals surface area (Å²) in [6, 6.07) is 3.95. The Balaban J connectivity index is 3.09. The van der Waals surface area contributed by atoms with Crippen LogP contribution in [0.2, 0.25) is 0 Å². The predicted octanol–water partition coefficient (Wildman–Crippen LogP) is 1.56. The maximum atomic E-state index is 13.7. The molecule has 0 fully saturated rings. The van der Waals surface area contributed by atoms with Crippen LogP contribution in [0.3, 0.4) is 0 Å². The number of halogens is 1. The van der Waals surface area contributed by atoms with Crippen LogP contribution in [0.5, 0.6) is 0 Å². The third kappa shape index (κ3) is 2.93. The first-order chi connectivity index (χ1) is 7.97. The van der Waals surface area contributed by atoms with Crippen molar-refractivity contribution in [3.63, 3.8) is 0 Å². The van der Waals surface area contributed by atoms with Crippen LogP contribution < -0.4 is 16.0 Å². The van der Waals surface area contributed by atoms with Gasteiger partial charge in [-0.2, -0.15) is 0 Å². The van der Waals surface area contributed by atoms with Gasteiger partial charge in [0.2, 0.25) is 0 Å². The number of para-hydroxylation sites is 1. The number of benzene rings is 1. The highest BCUT2D eigenvalue weighted by Crippen LogP contribution is 2.23. The van der Waals surface area contributed by atoms with Gasteiger partial charge >= 0.3 is 6.03 Å². The van der Waals surface area contributed by atoms with Gasteiger partial charge in [-0.25, -0.2) is 9.18 Å². The van der Waals surface area contributed by atoms with Gasteiger partial charge in [0, 0.05) is 6.54 Å². The molecule has 0 aliphatic carbocycles. The Hall–Kier alpha value is -2.11. The molecule has 4 N–H and O–H groups in total. The van der Waals surface area contributed by atoms with Crippen molar-refractivity contribution in [2.75, 3.05) is 11.4 Å². The fourth-order valence-electron chi connectivity index (χ4n) is 1.55. The second-order valence-electron chi connectivity index (χ2n) is 3.49. The molecule has 0 aliphatic rings. The molecule has 1 aromatic rings. The lowest BCUT2D eigenvalue weighted by Gasteiger charge is -2.23. The molecule has 1 rings (SSSR count). The third-order valence-electron chi connectivity index (χ3n) is 2.26. The molecule has 0 bridgehead atoms. The van der Waals surface area contributed by atoms with Crippen molar-refractivity contribution in [1.29, 1.82) is 5.41 Å². The van der Waals surface area contributed by atoms with E-state index < -0.39 is 17.8 Å². The minimum absolute atomic E-state index is 0.203. The summed E-state index contributed by atoms with van der Waals surface area (Å²) in [7, 11) is 0. The molecule has 6 heteroatoms. The second-order valence-corrected chi connectivity index (χ2v) is 3.49. The number of nitrogens with zero attached hydrogens (tertiary/aromatic N) is 1. The smallest absolute Gasteiger partial charge is 0.328 e. The first-order valence-electron chi connectivity index (χ1n) is 5.15. The van der Waals surface area contributed by atoms with E-state index in [1.807, 2.05) is 0 Å². The Labute approximate surface area is 98.9 Å². The van der Waals surface area contributed by atoms with Crippen LogP contribution in [0.25, 0.3) is 0 Å². The van der Waals surface area contributed by atoms with Crippen LogP contribution in [0, 0.1) is 18.2 Å². The lowest BCUT2D eigenvalue weighted by Crippen LogP contribution is -2.46. The Morgan fingerprint density at radius 1 is 1.59 bits per heavy atom. The number of anilines is 1. The van der Waals surface area contributed by atoms with E-state index in [0.29, 0.717) is 5.56 Å². The Bertz CT molecular complexity index is 427. The third-order valence-corrected chi connectivity index (χ3v) is 2.26. The van der Waals surface area contributed by atoms with Crippen LogP contribution in [-0.4, -0.2) is 18.5 Å². The number of urea groups is 1. The Kier molecular flexibility index (Phi) is 4.03. The number of nitrogens with two attached hydrogens (primary N) is 1. The van der Waals surface area contributed by atoms with Crippen LogP contribution in [0.1, 0.15) is 12.5 Å². The van der Waals surface area contributed by atoms with E-state index in [9.17, 15) is 9.18 Å². The molecule has 0 saturated heterocycles. The van der Waals surface area contributed by atoms with Gasteiger partial charge in [0.15, 0.2) is 5.96 Å². The van der Waals surface area contributed by atoms with E-state index >= 15 is 0 Å². The van der Waals surface area contributed by atoms with Gasteiger partial charge in [0.25, 0.3) is 0 Å². The van der Waals surface area contributed by atoms with Gasteiger partial charge < -0.3 is 5.73 Å². The first-order valence-corrected chi connectivity index (χ1v) is 5.15. The molecule has 5 nitrogen and oxygen atoms in total. The van der Waals surface area contributed by atoms with Crippen molar-refractivity contribution in [1.82, 2.24) is 5.32 Å². The monoisotopic (exact) mass is 238 g/mol. The van der Waals surface area contributed by atoms with Crippen LogP contribution in [0.15, 0.2) is 18.2 Å². The summed E-state index contributed by atoms with van der Waals surface area (Å²) in [5.41, 5.74) is 5.92. The molecule has 0 aromatic heterocycles. The molecule has 17 heavy (non-hydrogen) atoms. The number of aryl methyl sites for hydroxylation is 1. The minimum Gasteiger partial charge on any atom is -0.370 e. The first kappa shape index (κ1) is 13.0. The van der Waals surface area contributed by atoms with Crippen molar-refractivity contribution < 1.29 is 9.18 Å². The van der Waals surface area contributed by atoms with E-state index in [1.165, 1.54) is 11.0 Å². The molecule has 2 amide bonds. The van der Waals surface area contributed by atoms with Crippen molar-refractivity contribution >= 4 is 17.7 Å². The molecule has 0 saturated carbocycles. The van der Waals surface area contributed by atoms with Gasteiger partial charge in [0.05, 0.1) is 5.69 Å². The van der Waals surface area contributed by atoms with Crippen LogP contribution in [0.4, 0.5) is 14.9 Å². The fourth-order valence-corrected chi connectivity index (χ4v) is 1.55. The summed E-state index contributed by atoms with van der Waals surface area (Å²) < 4.78 is 13.7. The number of amides is 2. The molecule has 92 valence electrons. The standard InChI is InChI=1S/C11H15FN4O/c1-3-16(11(17)15-10(13)14)9-7(2)5-4-6-8(9)12/h4-6H,3H2,1-2H3,(H4,13,14,15,17). The van der Waals surface area contributed by atoms with E-state index in [0.717, 1.165) is 0 Å². The number of carbonyl (C=O) groups excluding carboxylic acids is 1. The molecular formula is C11H15FN4O. The maximum Gasteiger partial charge on any atom is 0.328 e. The summed E-state index contributed by atoms with van der Waals surface area (Å²) in [5.74, 6) is -0.951. The Morgan fingerprint density at radius 2 is 2.24 bits per heavy atom. The molecule has 0 aliphatic heterocycles. The number of guanidine groups is 1. The normalized spacial score (nSPS) is 9.82. The van der Waals surface area contributed by atoms with E-state index in [2.05, 4.69) is 5.32 Å². The van der Waals surface area contributed by atoms with Crippen molar-refractivity contribution in [3.05, 3.63) is 29.6 Å². The zero-order valence-electron chi connectivity index (χ0n) is 9.75. The van der Waals surface area contributed by atoms with Crippen molar-refractivity contribution in [3.8, 4) is 0 Å². The number of nitrogens with one attached hydrogen (secondary N) is 2. The summed E-state index contributed by atoms with van der Waals surface area (Å²) in [4.78, 5) is 12.9. The van der Waals surface area contributed by atoms with E-state index in [-0.39, 0.29) is 12.2 Å². The summed E-state index contributed by atoms with van der Waals surface area (Å²) in [5, 5.41) is 9.12. The van der Waals surface area contributed by atoms with E-state index in [4.69, 9.17) is 11.1 Å². The molecular weight excluding hydrogens is 223 g/mol. The Morgan fingerprint density at radius 3 is 2.71 bits per heavy atom. The van der Waals surface area contributed by atoms with Gasteiger partial charge in [-0.1, -0.05) is 12.1 Å². The van der Waals surface area contributed by atoms with Crippen molar-refractivity contribution in [2.24, 2.45) is 5.73 Å². The molecule has 0 heterocycles. The number of hydrogen-bond donors (Lipinski definition) is 3. The minimum atomic E-state index is -0.617. The highest BCUT2D eigenvalue weighted by atomic mass is 19.1. The average molecular weight is 238 g/mol. The summed E-state index contributed by atoms with van der Waals surface area (Å²) >= 11 is 0. The summed E-state index contributed by atoms with van der Waals surface area (Å²) in [6.45, 7) is 3.70. The highest BCUT2D eigenvalue weighted by molar-refractivity contribution is 6.02. The zero-order valence-corrected chi connectivity index (χ0v) is 9.75. The number of rotatable bonds is 2. The summed E-state index contributed by atoms with van der Waals surface area (Å²) in [6.07, 6.45) is 0. The SMILES string of the molecule is CCN(C(=O)NC(=N)N)c1c(C)cccc1F. The van der Waals surface area contributed by atoms with Gasteiger partial charge in [-0.05, 0) is 25.5 Å². The van der Waals surface area contributed by atoms with Crippen LogP contribution in [-0.2, 0) is 0 Å². The van der Waals surface area contributed by atoms with Gasteiger partial charge in [0.1, 0.15) is 5.82 Å². The maximum absolute atomic E-state index is 13.7. The van der Waals surface area contributed by atoms with Crippen LogP contribution >= 0.6 is 0 Å². The quantitative estimate of drug-likeness (QED) is 0.539. The lowest BCUT2D eigenvalue weighted by molar-refractivity contribution is 0.250. The predicted molar refractivity (Wildman–Crippen MR) is 64.6 cm³/mol. The largest absolute Gasteiger partial charge is 0.370 e. The number of hydrogen-bond acceptors (Lipinski definition) is 2. The molecule has 0 spiro atoms. The van der Waals surface area contributed by atoms with Crippen molar-refractivity contribution in [2.45, 2.75) is 13.8 Å². The number of carbonyl (C=O) groups is 1. The zero-order chi connectivity index (χ0) is 13.0. The molecule has 0 atom stereocenters. The van der Waals surface area contributed by atoms with Gasteiger partial charge in [-0.3, -0.25) is 15.6 Å². The lowest BCUT2D eigenvalue weighted by atomic mass is 10.1. The molecule has 0 radical (unpaired) electrons. The van der Waals surface area contributed by atoms with E-state index in [1.54, 1.807) is 26.0 Å². The second kappa shape index (κ2) is 5.29.